The number of anilines is 1. The summed E-state index contributed by atoms with van der Waals surface area (Å²) in [5.74, 6) is 0.211. The van der Waals surface area contributed by atoms with Crippen LogP contribution in [0.3, 0.4) is 0 Å². The van der Waals surface area contributed by atoms with Gasteiger partial charge in [0.05, 0.1) is 30.8 Å². The number of rotatable bonds is 5. The van der Waals surface area contributed by atoms with Gasteiger partial charge in [-0.25, -0.2) is 14.0 Å². The first-order chi connectivity index (χ1) is 13.6. The number of carbonyl (C=O) groups is 2. The van der Waals surface area contributed by atoms with Gasteiger partial charge >= 0.3 is 0 Å². The summed E-state index contributed by atoms with van der Waals surface area (Å²) in [7, 11) is -3.10. The number of aromatic nitrogens is 1. The Balaban J connectivity index is 1.82. The molecule has 2 heterocycles. The highest BCUT2D eigenvalue weighted by Crippen LogP contribution is 2.42. The molecule has 1 fully saturated rings. The van der Waals surface area contributed by atoms with E-state index < -0.39 is 9.73 Å². The first kappa shape index (κ1) is 20.0. The topological polar surface area (TPSA) is 103 Å². The zero-order chi connectivity index (χ0) is 21.1. The van der Waals surface area contributed by atoms with Gasteiger partial charge in [0.25, 0.3) is 5.91 Å². The van der Waals surface area contributed by atoms with Gasteiger partial charge in [-0.1, -0.05) is 11.3 Å². The van der Waals surface area contributed by atoms with Crippen molar-refractivity contribution < 1.29 is 13.8 Å². The maximum Gasteiger partial charge on any atom is 0.256 e. The molecule has 0 unspecified atom stereocenters. The summed E-state index contributed by atoms with van der Waals surface area (Å²) in [4.78, 5) is 31.9. The number of fused-ring (bicyclic) bond motifs is 1. The fourth-order valence-electron chi connectivity index (χ4n) is 3.91. The molecule has 0 saturated heterocycles. The minimum Gasteiger partial charge on any atom is -0.331 e. The summed E-state index contributed by atoms with van der Waals surface area (Å²) in [6.07, 6.45) is 3.62. The van der Waals surface area contributed by atoms with Crippen molar-refractivity contribution in [2.45, 2.75) is 51.1 Å². The molecule has 2 aromatic rings. The van der Waals surface area contributed by atoms with E-state index in [0.29, 0.717) is 23.2 Å². The second-order valence-electron chi connectivity index (χ2n) is 7.98. The van der Waals surface area contributed by atoms with Crippen LogP contribution in [0.15, 0.2) is 17.0 Å². The molecular weight excluding hydrogens is 408 g/mol. The second-order valence-corrected chi connectivity index (χ2v) is 11.1. The van der Waals surface area contributed by atoms with Gasteiger partial charge in [-0.15, -0.1) is 0 Å². The van der Waals surface area contributed by atoms with E-state index in [9.17, 15) is 13.8 Å². The van der Waals surface area contributed by atoms with Gasteiger partial charge in [0, 0.05) is 25.8 Å². The number of hydrogen-bond donors (Lipinski definition) is 2. The van der Waals surface area contributed by atoms with Crippen molar-refractivity contribution in [3.63, 3.8) is 0 Å². The Morgan fingerprint density at radius 3 is 2.69 bits per heavy atom. The Labute approximate surface area is 174 Å². The van der Waals surface area contributed by atoms with Crippen LogP contribution < -0.4 is 5.32 Å². The SMILES string of the molecule is CC(=O)Nc1nc(C)c(-c2cc3c(c([S@@](C)(=N)=O)c2)C(=O)N([C@@H](C)C2CC2)C3)s1. The van der Waals surface area contributed by atoms with Crippen molar-refractivity contribution in [3.05, 3.63) is 29.0 Å². The van der Waals surface area contributed by atoms with Crippen molar-refractivity contribution in [3.8, 4) is 10.4 Å². The maximum atomic E-state index is 13.1. The van der Waals surface area contributed by atoms with E-state index >= 15 is 0 Å². The molecule has 2 aliphatic rings. The summed E-state index contributed by atoms with van der Waals surface area (Å²) in [6.45, 7) is 5.82. The van der Waals surface area contributed by atoms with Crippen molar-refractivity contribution in [2.75, 3.05) is 11.6 Å². The predicted octanol–water partition coefficient (Wildman–Crippen LogP) is 3.87. The Morgan fingerprint density at radius 1 is 1.41 bits per heavy atom. The molecule has 1 saturated carbocycles. The molecule has 1 aromatic heterocycles. The Morgan fingerprint density at radius 2 is 2.10 bits per heavy atom. The van der Waals surface area contributed by atoms with Crippen molar-refractivity contribution in [1.82, 2.24) is 9.88 Å². The third-order valence-corrected chi connectivity index (χ3v) is 7.84. The van der Waals surface area contributed by atoms with Gasteiger partial charge in [0.15, 0.2) is 5.13 Å². The van der Waals surface area contributed by atoms with Crippen LogP contribution in [-0.4, -0.2) is 38.2 Å². The number of hydrogen-bond acceptors (Lipinski definition) is 6. The van der Waals surface area contributed by atoms with Crippen LogP contribution in [0.5, 0.6) is 0 Å². The average molecular weight is 433 g/mol. The first-order valence-electron chi connectivity index (χ1n) is 9.53. The summed E-state index contributed by atoms with van der Waals surface area (Å²) in [5, 5.41) is 3.19. The first-order valence-corrected chi connectivity index (χ1v) is 12.3. The minimum atomic E-state index is -3.10. The van der Waals surface area contributed by atoms with Crippen LogP contribution in [-0.2, 0) is 21.1 Å². The summed E-state index contributed by atoms with van der Waals surface area (Å²) in [5.41, 5.74) is 2.75. The lowest BCUT2D eigenvalue weighted by Crippen LogP contribution is -2.35. The predicted molar refractivity (Wildman–Crippen MR) is 114 cm³/mol. The van der Waals surface area contributed by atoms with Gasteiger partial charge in [0.2, 0.25) is 5.91 Å². The van der Waals surface area contributed by atoms with Crippen LogP contribution in [0.1, 0.15) is 48.3 Å². The van der Waals surface area contributed by atoms with Crippen LogP contribution in [0.4, 0.5) is 5.13 Å². The molecule has 1 aromatic carbocycles. The van der Waals surface area contributed by atoms with E-state index in [0.717, 1.165) is 34.5 Å². The highest BCUT2D eigenvalue weighted by atomic mass is 32.2. The Kier molecular flexibility index (Phi) is 4.77. The third-order valence-electron chi connectivity index (χ3n) is 5.56. The summed E-state index contributed by atoms with van der Waals surface area (Å²) in [6, 6.07) is 3.77. The number of thiazole rings is 1. The van der Waals surface area contributed by atoms with E-state index in [1.165, 1.54) is 24.5 Å². The maximum absolute atomic E-state index is 13.1. The van der Waals surface area contributed by atoms with E-state index in [1.54, 1.807) is 6.07 Å². The van der Waals surface area contributed by atoms with E-state index in [1.807, 2.05) is 17.9 Å². The monoisotopic (exact) mass is 432 g/mol. The van der Waals surface area contributed by atoms with E-state index in [2.05, 4.69) is 17.2 Å². The molecule has 0 bridgehead atoms. The highest BCUT2D eigenvalue weighted by molar-refractivity contribution is 7.91. The van der Waals surface area contributed by atoms with Gasteiger partial charge in [0.1, 0.15) is 0 Å². The summed E-state index contributed by atoms with van der Waals surface area (Å²) >= 11 is 1.33. The van der Waals surface area contributed by atoms with Crippen molar-refractivity contribution >= 4 is 38.0 Å². The number of carbonyl (C=O) groups excluding carboxylic acids is 2. The zero-order valence-corrected chi connectivity index (χ0v) is 18.5. The number of nitrogens with zero attached hydrogens (tertiary/aromatic N) is 2. The molecule has 1 aliphatic carbocycles. The number of benzene rings is 1. The molecule has 4 rings (SSSR count). The molecule has 2 atom stereocenters. The van der Waals surface area contributed by atoms with Gasteiger partial charge in [-0.05, 0) is 55.9 Å². The Hall–Kier alpha value is -2.26. The largest absolute Gasteiger partial charge is 0.331 e. The van der Waals surface area contributed by atoms with Crippen LogP contribution in [0.25, 0.3) is 10.4 Å². The van der Waals surface area contributed by atoms with Crippen LogP contribution >= 0.6 is 11.3 Å². The fourth-order valence-corrected chi connectivity index (χ4v) is 5.87. The van der Waals surface area contributed by atoms with Gasteiger partial charge in [-0.3, -0.25) is 9.59 Å². The van der Waals surface area contributed by atoms with Crippen LogP contribution in [0.2, 0.25) is 0 Å². The smallest absolute Gasteiger partial charge is 0.256 e. The molecule has 0 radical (unpaired) electrons. The van der Waals surface area contributed by atoms with Gasteiger partial charge in [-0.2, -0.15) is 0 Å². The number of nitrogens with one attached hydrogen (secondary N) is 2. The van der Waals surface area contributed by atoms with Crippen molar-refractivity contribution in [2.24, 2.45) is 5.92 Å². The fraction of sp³-hybridized carbons (Fsp3) is 0.450. The quantitative estimate of drug-likeness (QED) is 0.748. The molecule has 29 heavy (non-hydrogen) atoms. The summed E-state index contributed by atoms with van der Waals surface area (Å²) < 4.78 is 21.0. The number of aryl methyl sites for hydroxylation is 1. The highest BCUT2D eigenvalue weighted by Gasteiger charge is 2.40. The van der Waals surface area contributed by atoms with Crippen LogP contribution in [0, 0.1) is 17.6 Å². The standard InChI is InChI=1S/C20H24N4O3S2/c1-10-18(28-20(22-10)23-12(3)25)14-7-15-9-24(11(2)13-5-6-13)19(26)17(15)16(8-14)29(4,21)27/h7-8,11,13,21H,5-6,9H2,1-4H3,(H,22,23,25)/t11-,29-/m0/s1. The normalized spacial score (nSPS) is 19.0. The van der Waals surface area contributed by atoms with Gasteiger partial charge < -0.3 is 10.2 Å². The third kappa shape index (κ3) is 3.69. The minimum absolute atomic E-state index is 0.122. The lowest BCUT2D eigenvalue weighted by Gasteiger charge is -2.24. The van der Waals surface area contributed by atoms with E-state index in [-0.39, 0.29) is 22.8 Å². The van der Waals surface area contributed by atoms with Crippen molar-refractivity contribution in [1.29, 1.82) is 4.78 Å². The lowest BCUT2D eigenvalue weighted by molar-refractivity contribution is -0.114. The molecule has 154 valence electrons. The number of amides is 2. The molecule has 1 aliphatic heterocycles. The lowest BCUT2D eigenvalue weighted by atomic mass is 10.0. The second kappa shape index (κ2) is 6.91. The molecule has 0 spiro atoms. The average Bonchev–Trinajstić information content (AvgIpc) is 3.33. The zero-order valence-electron chi connectivity index (χ0n) is 16.9. The Bertz CT molecular complexity index is 1130. The molecule has 7 nitrogen and oxygen atoms in total. The molecular formula is C20H24N4O3S2. The molecule has 2 N–H and O–H groups in total. The molecule has 2 amide bonds. The molecule has 9 heteroatoms. The van der Waals surface area contributed by atoms with E-state index in [4.69, 9.17) is 4.78 Å².